The fourth-order valence-corrected chi connectivity index (χ4v) is 2.82. The van der Waals surface area contributed by atoms with Crippen molar-refractivity contribution in [3.05, 3.63) is 29.3 Å². The fourth-order valence-electron chi connectivity index (χ4n) is 2.82. The molecule has 0 radical (unpaired) electrons. The molecule has 1 heterocycles. The smallest absolute Gasteiger partial charge is 0.396 e. The number of hydrogen-bond donors (Lipinski definition) is 1. The van der Waals surface area contributed by atoms with Gasteiger partial charge in [0.15, 0.2) is 0 Å². The van der Waals surface area contributed by atoms with Gasteiger partial charge in [0.05, 0.1) is 22.9 Å². The minimum absolute atomic E-state index is 0.0648. The van der Waals surface area contributed by atoms with Crippen LogP contribution in [0.5, 0.6) is 0 Å². The Labute approximate surface area is 148 Å². The largest absolute Gasteiger partial charge is 0.417 e. The van der Waals surface area contributed by atoms with Crippen LogP contribution in [0.25, 0.3) is 0 Å². The number of halogens is 3. The molecule has 1 aromatic carbocycles. The normalized spacial score (nSPS) is 17.0. The first kappa shape index (κ1) is 19.7. The Morgan fingerprint density at radius 1 is 1.23 bits per heavy atom. The van der Waals surface area contributed by atoms with Crippen LogP contribution in [0.15, 0.2) is 18.2 Å². The second kappa shape index (κ2) is 6.96. The van der Waals surface area contributed by atoms with Gasteiger partial charge in [-0.1, -0.05) is 0 Å². The van der Waals surface area contributed by atoms with E-state index in [0.29, 0.717) is 23.8 Å². The average Bonchev–Trinajstić information content (AvgIpc) is 2.73. The number of alkyl halides is 3. The number of carbonyl (C=O) groups is 2. The second-order valence-corrected chi connectivity index (χ2v) is 6.40. The molecular formula is C17H18F3N3O3. The van der Waals surface area contributed by atoms with E-state index in [9.17, 15) is 22.8 Å². The molecule has 2 rings (SSSR count). The molecule has 0 bridgehead atoms. The van der Waals surface area contributed by atoms with Gasteiger partial charge in [0, 0.05) is 13.2 Å². The van der Waals surface area contributed by atoms with Crippen LogP contribution in [-0.4, -0.2) is 40.6 Å². The maximum absolute atomic E-state index is 13.2. The van der Waals surface area contributed by atoms with E-state index in [0.717, 1.165) is 12.1 Å². The van der Waals surface area contributed by atoms with Crippen molar-refractivity contribution < 1.29 is 27.9 Å². The Morgan fingerprint density at radius 2 is 1.88 bits per heavy atom. The van der Waals surface area contributed by atoms with Crippen LogP contribution in [0.2, 0.25) is 0 Å². The Bertz CT molecular complexity index is 769. The van der Waals surface area contributed by atoms with E-state index in [1.807, 2.05) is 0 Å². The number of imide groups is 1. The molecule has 0 saturated carbocycles. The number of aliphatic hydroxyl groups excluding tert-OH is 1. The molecule has 0 aromatic heterocycles. The zero-order valence-electron chi connectivity index (χ0n) is 14.3. The summed E-state index contributed by atoms with van der Waals surface area (Å²) in [6, 6.07) is 3.47. The number of rotatable bonds is 5. The summed E-state index contributed by atoms with van der Waals surface area (Å²) in [4.78, 5) is 27.3. The molecule has 26 heavy (non-hydrogen) atoms. The molecule has 1 fully saturated rings. The number of benzene rings is 1. The lowest BCUT2D eigenvalue weighted by molar-refractivity contribution is -0.137. The molecule has 140 valence electrons. The predicted molar refractivity (Wildman–Crippen MR) is 86.1 cm³/mol. The number of carbonyl (C=O) groups excluding carboxylic acids is 2. The van der Waals surface area contributed by atoms with Gasteiger partial charge in [0.1, 0.15) is 5.54 Å². The average molecular weight is 369 g/mol. The summed E-state index contributed by atoms with van der Waals surface area (Å²) in [5.74, 6) is -0.649. The van der Waals surface area contributed by atoms with Crippen molar-refractivity contribution in [1.29, 1.82) is 5.26 Å². The molecule has 1 aliphatic heterocycles. The molecule has 0 aliphatic carbocycles. The lowest BCUT2D eigenvalue weighted by Crippen LogP contribution is -2.44. The third-order valence-corrected chi connectivity index (χ3v) is 4.30. The van der Waals surface area contributed by atoms with Crippen molar-refractivity contribution in [2.75, 3.05) is 18.1 Å². The number of hydrogen-bond acceptors (Lipinski definition) is 4. The molecule has 9 heteroatoms. The van der Waals surface area contributed by atoms with Gasteiger partial charge in [-0.05, 0) is 44.9 Å². The summed E-state index contributed by atoms with van der Waals surface area (Å²) in [5.41, 5.74) is -3.24. The second-order valence-electron chi connectivity index (χ2n) is 6.40. The summed E-state index contributed by atoms with van der Waals surface area (Å²) in [6.07, 6.45) is -3.90. The van der Waals surface area contributed by atoms with E-state index in [-0.39, 0.29) is 18.8 Å². The van der Waals surface area contributed by atoms with Crippen LogP contribution in [0, 0.1) is 11.3 Å². The third-order valence-electron chi connectivity index (χ3n) is 4.30. The highest BCUT2D eigenvalue weighted by molar-refractivity contribution is 6.23. The Balaban J connectivity index is 2.44. The number of anilines is 1. The van der Waals surface area contributed by atoms with Gasteiger partial charge in [0.2, 0.25) is 0 Å². The number of nitrogens with zero attached hydrogens (tertiary/aromatic N) is 3. The topological polar surface area (TPSA) is 84.6 Å². The monoisotopic (exact) mass is 369 g/mol. The molecule has 1 aliphatic rings. The minimum atomic E-state index is -4.79. The summed E-state index contributed by atoms with van der Waals surface area (Å²) in [5, 5.41) is 17.7. The van der Waals surface area contributed by atoms with Crippen molar-refractivity contribution in [2.45, 2.75) is 38.4 Å². The maximum Gasteiger partial charge on any atom is 0.417 e. The van der Waals surface area contributed by atoms with Gasteiger partial charge >= 0.3 is 12.2 Å². The van der Waals surface area contributed by atoms with Crippen LogP contribution in [0.3, 0.4) is 0 Å². The summed E-state index contributed by atoms with van der Waals surface area (Å²) in [7, 11) is 0. The van der Waals surface area contributed by atoms with Crippen molar-refractivity contribution in [1.82, 2.24) is 4.90 Å². The number of unbranched alkanes of at least 4 members (excludes halogenated alkanes) is 1. The minimum Gasteiger partial charge on any atom is -0.396 e. The van der Waals surface area contributed by atoms with Crippen LogP contribution in [-0.2, 0) is 11.0 Å². The standard InChI is InChI=1S/C17H18F3N3O3/c1-16(2)14(25)23(15(26)22(16)7-3-4-8-24)12-6-5-11(10-21)13(9-12)17(18,19)20/h5-6,9,24H,3-4,7-8H2,1-2H3. The number of nitriles is 1. The summed E-state index contributed by atoms with van der Waals surface area (Å²) in [6.45, 7) is 3.16. The molecule has 1 N–H and O–H groups in total. The predicted octanol–water partition coefficient (Wildman–Crippen LogP) is 2.90. The van der Waals surface area contributed by atoms with Crippen molar-refractivity contribution >= 4 is 17.6 Å². The first-order valence-corrected chi connectivity index (χ1v) is 7.94. The van der Waals surface area contributed by atoms with Crippen molar-refractivity contribution in [2.24, 2.45) is 0 Å². The summed E-state index contributed by atoms with van der Waals surface area (Å²) >= 11 is 0. The highest BCUT2D eigenvalue weighted by Crippen LogP contribution is 2.37. The van der Waals surface area contributed by atoms with Gasteiger partial charge in [-0.2, -0.15) is 18.4 Å². The van der Waals surface area contributed by atoms with Gasteiger partial charge in [-0.3, -0.25) is 4.79 Å². The van der Waals surface area contributed by atoms with Crippen LogP contribution in [0.4, 0.5) is 23.7 Å². The molecule has 1 saturated heterocycles. The van der Waals surface area contributed by atoms with Crippen LogP contribution >= 0.6 is 0 Å². The van der Waals surface area contributed by atoms with Crippen molar-refractivity contribution in [3.8, 4) is 6.07 Å². The fraction of sp³-hybridized carbons (Fsp3) is 0.471. The number of urea groups is 1. The maximum atomic E-state index is 13.2. The first-order chi connectivity index (χ1) is 12.1. The number of aliphatic hydroxyl groups is 1. The molecular weight excluding hydrogens is 351 g/mol. The van der Waals surface area contributed by atoms with Crippen LogP contribution < -0.4 is 4.90 Å². The van der Waals surface area contributed by atoms with E-state index in [2.05, 4.69) is 0 Å². The molecule has 3 amide bonds. The number of amides is 3. The van der Waals surface area contributed by atoms with Crippen LogP contribution in [0.1, 0.15) is 37.8 Å². The third kappa shape index (κ3) is 3.37. The van der Waals surface area contributed by atoms with E-state index in [4.69, 9.17) is 10.4 Å². The zero-order valence-corrected chi connectivity index (χ0v) is 14.3. The van der Waals surface area contributed by atoms with Gasteiger partial charge in [-0.15, -0.1) is 0 Å². The van der Waals surface area contributed by atoms with E-state index in [1.54, 1.807) is 0 Å². The van der Waals surface area contributed by atoms with E-state index < -0.39 is 34.8 Å². The Hall–Kier alpha value is -2.60. The quantitative estimate of drug-likeness (QED) is 0.639. The SMILES string of the molecule is CC1(C)C(=O)N(c2ccc(C#N)c(C(F)(F)F)c2)C(=O)N1CCCCO. The molecule has 6 nitrogen and oxygen atoms in total. The molecule has 0 atom stereocenters. The van der Waals surface area contributed by atoms with E-state index >= 15 is 0 Å². The Morgan fingerprint density at radius 3 is 2.42 bits per heavy atom. The van der Waals surface area contributed by atoms with E-state index in [1.165, 1.54) is 24.8 Å². The van der Waals surface area contributed by atoms with Gasteiger partial charge in [0.25, 0.3) is 5.91 Å². The Kier molecular flexibility index (Phi) is 5.28. The highest BCUT2D eigenvalue weighted by Gasteiger charge is 2.51. The highest BCUT2D eigenvalue weighted by atomic mass is 19.4. The molecule has 0 unspecified atom stereocenters. The molecule has 0 spiro atoms. The first-order valence-electron chi connectivity index (χ1n) is 7.94. The lowest BCUT2D eigenvalue weighted by atomic mass is 10.0. The van der Waals surface area contributed by atoms with Crippen molar-refractivity contribution in [3.63, 3.8) is 0 Å². The molecule has 1 aromatic rings. The summed E-state index contributed by atoms with van der Waals surface area (Å²) < 4.78 is 39.5. The van der Waals surface area contributed by atoms with Gasteiger partial charge in [-0.25, -0.2) is 9.69 Å². The van der Waals surface area contributed by atoms with Gasteiger partial charge < -0.3 is 10.0 Å². The zero-order chi connectivity index (χ0) is 19.7. The lowest BCUT2D eigenvalue weighted by Gasteiger charge is -2.27.